The highest BCUT2D eigenvalue weighted by Gasteiger charge is 2.48. The molecule has 0 aromatic carbocycles. The molecular formula is C17H32N2O. The highest BCUT2D eigenvalue weighted by atomic mass is 16.2. The molecule has 116 valence electrons. The first-order valence-electron chi connectivity index (χ1n) is 8.59. The van der Waals surface area contributed by atoms with E-state index in [0.29, 0.717) is 11.3 Å². The topological polar surface area (TPSA) is 32.3 Å². The smallest absolute Gasteiger partial charge is 0.243 e. The molecule has 2 aliphatic rings. The number of amides is 1. The van der Waals surface area contributed by atoms with Gasteiger partial charge in [-0.3, -0.25) is 10.1 Å². The Labute approximate surface area is 124 Å². The van der Waals surface area contributed by atoms with Crippen LogP contribution in [0.5, 0.6) is 0 Å². The third-order valence-electron chi connectivity index (χ3n) is 5.78. The van der Waals surface area contributed by atoms with Gasteiger partial charge in [0.1, 0.15) is 0 Å². The molecule has 0 aromatic heterocycles. The maximum Gasteiger partial charge on any atom is 0.243 e. The number of hydrogen-bond donors (Lipinski definition) is 1. The van der Waals surface area contributed by atoms with E-state index in [2.05, 4.69) is 37.9 Å². The van der Waals surface area contributed by atoms with Gasteiger partial charge in [-0.2, -0.15) is 0 Å². The number of carbonyl (C=O) groups excluding carboxylic acids is 1. The molecule has 1 amide bonds. The minimum atomic E-state index is -0.340. The Bertz CT molecular complexity index is 349. The van der Waals surface area contributed by atoms with Crippen LogP contribution >= 0.6 is 0 Å². The zero-order chi connectivity index (χ0) is 14.8. The summed E-state index contributed by atoms with van der Waals surface area (Å²) >= 11 is 0. The summed E-state index contributed by atoms with van der Waals surface area (Å²) < 4.78 is 0. The molecule has 2 rings (SSSR count). The zero-order valence-corrected chi connectivity index (χ0v) is 13.8. The summed E-state index contributed by atoms with van der Waals surface area (Å²) in [5, 5.41) is 3.61. The summed E-state index contributed by atoms with van der Waals surface area (Å²) in [6, 6.07) is 0. The molecule has 1 aliphatic heterocycles. The third-order valence-corrected chi connectivity index (χ3v) is 5.78. The van der Waals surface area contributed by atoms with Crippen LogP contribution in [0.25, 0.3) is 0 Å². The van der Waals surface area contributed by atoms with Gasteiger partial charge < -0.3 is 4.90 Å². The lowest BCUT2D eigenvalue weighted by Gasteiger charge is -2.35. The van der Waals surface area contributed by atoms with E-state index in [-0.39, 0.29) is 11.7 Å². The lowest BCUT2D eigenvalue weighted by molar-refractivity contribution is -0.134. The van der Waals surface area contributed by atoms with Crippen LogP contribution in [-0.4, -0.2) is 29.1 Å². The van der Waals surface area contributed by atoms with Crippen LogP contribution in [0.3, 0.4) is 0 Å². The molecule has 2 atom stereocenters. The van der Waals surface area contributed by atoms with Crippen molar-refractivity contribution in [2.24, 2.45) is 5.41 Å². The van der Waals surface area contributed by atoms with Gasteiger partial charge in [-0.25, -0.2) is 0 Å². The van der Waals surface area contributed by atoms with Crippen LogP contribution in [0.4, 0.5) is 0 Å². The summed E-state index contributed by atoms with van der Waals surface area (Å²) in [6.45, 7) is 9.66. The Morgan fingerprint density at radius 1 is 1.20 bits per heavy atom. The zero-order valence-electron chi connectivity index (χ0n) is 13.8. The fraction of sp³-hybridized carbons (Fsp3) is 0.941. The molecule has 20 heavy (non-hydrogen) atoms. The lowest BCUT2D eigenvalue weighted by atomic mass is 9.82. The van der Waals surface area contributed by atoms with E-state index in [1.165, 1.54) is 32.1 Å². The normalized spacial score (nSPS) is 33.1. The molecule has 1 saturated carbocycles. The standard InChI is InChI=1S/C17H32N2O/c1-5-10-14-18-16(4,6-2)15(20)19(14)13-17(7-3)11-8-9-12-17/h14,18H,5-13H2,1-4H3. The molecule has 1 heterocycles. The average Bonchev–Trinajstić information content (AvgIpc) is 3.00. The summed E-state index contributed by atoms with van der Waals surface area (Å²) in [4.78, 5) is 15.0. The Morgan fingerprint density at radius 2 is 1.85 bits per heavy atom. The van der Waals surface area contributed by atoms with Crippen molar-refractivity contribution in [3.8, 4) is 0 Å². The first-order valence-corrected chi connectivity index (χ1v) is 8.59. The van der Waals surface area contributed by atoms with Crippen molar-refractivity contribution in [3.05, 3.63) is 0 Å². The maximum atomic E-state index is 12.9. The van der Waals surface area contributed by atoms with Gasteiger partial charge in [-0.1, -0.05) is 40.0 Å². The average molecular weight is 280 g/mol. The molecule has 0 bridgehead atoms. The van der Waals surface area contributed by atoms with E-state index < -0.39 is 0 Å². The largest absolute Gasteiger partial charge is 0.325 e. The van der Waals surface area contributed by atoms with Crippen LogP contribution in [0.1, 0.15) is 79.1 Å². The second kappa shape index (κ2) is 6.05. The van der Waals surface area contributed by atoms with Crippen molar-refractivity contribution in [1.29, 1.82) is 0 Å². The number of carbonyl (C=O) groups is 1. The number of rotatable bonds is 6. The molecule has 3 heteroatoms. The van der Waals surface area contributed by atoms with E-state index in [9.17, 15) is 4.79 Å². The van der Waals surface area contributed by atoms with E-state index >= 15 is 0 Å². The fourth-order valence-corrected chi connectivity index (χ4v) is 4.01. The monoisotopic (exact) mass is 280 g/mol. The van der Waals surface area contributed by atoms with Gasteiger partial charge in [-0.15, -0.1) is 0 Å². The molecule has 2 fully saturated rings. The van der Waals surface area contributed by atoms with Crippen LogP contribution in [0.15, 0.2) is 0 Å². The van der Waals surface area contributed by atoms with Crippen LogP contribution in [0.2, 0.25) is 0 Å². The van der Waals surface area contributed by atoms with Crippen LogP contribution < -0.4 is 5.32 Å². The van der Waals surface area contributed by atoms with E-state index in [1.54, 1.807) is 0 Å². The quantitative estimate of drug-likeness (QED) is 0.805. The molecule has 1 aliphatic carbocycles. The molecule has 2 unspecified atom stereocenters. The first-order chi connectivity index (χ1) is 9.50. The minimum absolute atomic E-state index is 0.251. The van der Waals surface area contributed by atoms with Crippen molar-refractivity contribution in [1.82, 2.24) is 10.2 Å². The van der Waals surface area contributed by atoms with Crippen molar-refractivity contribution in [2.45, 2.75) is 90.8 Å². The second-order valence-electron chi connectivity index (χ2n) is 7.13. The Kier molecular flexibility index (Phi) is 4.78. The molecule has 1 N–H and O–H groups in total. The minimum Gasteiger partial charge on any atom is -0.325 e. The third kappa shape index (κ3) is 2.74. The van der Waals surface area contributed by atoms with Crippen molar-refractivity contribution >= 4 is 5.91 Å². The van der Waals surface area contributed by atoms with Gasteiger partial charge in [-0.05, 0) is 44.4 Å². The Balaban J connectivity index is 2.16. The van der Waals surface area contributed by atoms with Crippen molar-refractivity contribution in [3.63, 3.8) is 0 Å². The predicted molar refractivity (Wildman–Crippen MR) is 83.4 cm³/mol. The SMILES string of the molecule is CCCC1NC(C)(CC)C(=O)N1CC1(CC)CCCC1. The molecule has 0 radical (unpaired) electrons. The van der Waals surface area contributed by atoms with Gasteiger partial charge in [0.15, 0.2) is 0 Å². The highest BCUT2D eigenvalue weighted by Crippen LogP contribution is 2.43. The van der Waals surface area contributed by atoms with E-state index in [0.717, 1.165) is 25.8 Å². The molecule has 0 spiro atoms. The van der Waals surface area contributed by atoms with Gasteiger partial charge in [0.05, 0.1) is 11.7 Å². The lowest BCUT2D eigenvalue weighted by Crippen LogP contribution is -2.44. The predicted octanol–water partition coefficient (Wildman–Crippen LogP) is 3.68. The molecule has 3 nitrogen and oxygen atoms in total. The van der Waals surface area contributed by atoms with Gasteiger partial charge in [0.2, 0.25) is 5.91 Å². The van der Waals surface area contributed by atoms with Gasteiger partial charge >= 0.3 is 0 Å². The second-order valence-corrected chi connectivity index (χ2v) is 7.13. The highest BCUT2D eigenvalue weighted by molar-refractivity contribution is 5.88. The van der Waals surface area contributed by atoms with Crippen molar-refractivity contribution in [2.75, 3.05) is 6.54 Å². The molecule has 1 saturated heterocycles. The maximum absolute atomic E-state index is 12.9. The molecular weight excluding hydrogens is 248 g/mol. The van der Waals surface area contributed by atoms with E-state index in [1.807, 2.05) is 0 Å². The van der Waals surface area contributed by atoms with Crippen molar-refractivity contribution < 1.29 is 4.79 Å². The first kappa shape index (κ1) is 15.8. The van der Waals surface area contributed by atoms with Gasteiger partial charge in [0.25, 0.3) is 0 Å². The van der Waals surface area contributed by atoms with Crippen LogP contribution in [0, 0.1) is 5.41 Å². The Hall–Kier alpha value is -0.570. The van der Waals surface area contributed by atoms with Gasteiger partial charge in [0, 0.05) is 6.54 Å². The number of hydrogen-bond acceptors (Lipinski definition) is 2. The fourth-order valence-electron chi connectivity index (χ4n) is 4.01. The summed E-state index contributed by atoms with van der Waals surface area (Å²) in [5.41, 5.74) is 0.0513. The Morgan fingerprint density at radius 3 is 2.35 bits per heavy atom. The molecule has 0 aromatic rings. The number of nitrogens with one attached hydrogen (secondary N) is 1. The number of nitrogens with zero attached hydrogens (tertiary/aromatic N) is 1. The van der Waals surface area contributed by atoms with Crippen LogP contribution in [-0.2, 0) is 4.79 Å². The summed E-state index contributed by atoms with van der Waals surface area (Å²) in [6.07, 6.45) is 9.81. The summed E-state index contributed by atoms with van der Waals surface area (Å²) in [7, 11) is 0. The summed E-state index contributed by atoms with van der Waals surface area (Å²) in [5.74, 6) is 0.332. The van der Waals surface area contributed by atoms with E-state index in [4.69, 9.17) is 0 Å².